The van der Waals surface area contributed by atoms with E-state index < -0.39 is 36.3 Å². The molecular formula is C44H62O10SSi. The van der Waals surface area contributed by atoms with Gasteiger partial charge in [-0.05, 0) is 99.6 Å². The Morgan fingerprint density at radius 2 is 1.45 bits per heavy atom. The Bertz CT molecular complexity index is 1770. The van der Waals surface area contributed by atoms with E-state index in [1.165, 1.54) is 6.08 Å². The first kappa shape index (κ1) is 46.6. The lowest BCUT2D eigenvalue weighted by Crippen LogP contribution is -2.46. The standard InChI is InChI=1S/C44H62O10SSi/c1-33-15-24-40(25-16-33)55(47,48)30-29-50-42(45)27-23-39(51-31-36-13-11-10-12-14-36)20-17-34(2)53-43(46)28-26-41(35(3)54-56(8,9)44(4,5)6)52-32-37-18-21-38(49-7)22-19-37/h10-16,18-19,21-25,27,34-35,39,41H,17,20,26,28-32H2,1-9H3/b27-23+/t34-,35-,39+,41-/m1/s1. The molecule has 0 spiro atoms. The molecule has 0 fully saturated rings. The number of hydrogen-bond acceptors (Lipinski definition) is 10. The number of hydrogen-bond donors (Lipinski definition) is 0. The summed E-state index contributed by atoms with van der Waals surface area (Å²) in [6.07, 6.45) is 2.88. The highest BCUT2D eigenvalue weighted by atomic mass is 32.2. The van der Waals surface area contributed by atoms with E-state index in [0.717, 1.165) is 22.4 Å². The van der Waals surface area contributed by atoms with Crippen molar-refractivity contribution in [2.75, 3.05) is 19.5 Å². The molecule has 4 atom stereocenters. The monoisotopic (exact) mass is 810 g/mol. The third-order valence-electron chi connectivity index (χ3n) is 9.99. The van der Waals surface area contributed by atoms with Crippen LogP contribution in [0.15, 0.2) is 95.9 Å². The smallest absolute Gasteiger partial charge is 0.330 e. The molecule has 0 bridgehead atoms. The van der Waals surface area contributed by atoms with Gasteiger partial charge in [0, 0.05) is 12.5 Å². The van der Waals surface area contributed by atoms with Crippen molar-refractivity contribution >= 4 is 30.1 Å². The summed E-state index contributed by atoms with van der Waals surface area (Å²) >= 11 is 0. The van der Waals surface area contributed by atoms with Gasteiger partial charge >= 0.3 is 11.9 Å². The molecule has 56 heavy (non-hydrogen) atoms. The van der Waals surface area contributed by atoms with Crippen LogP contribution < -0.4 is 4.74 Å². The van der Waals surface area contributed by atoms with Gasteiger partial charge in [-0.2, -0.15) is 0 Å². The van der Waals surface area contributed by atoms with E-state index in [9.17, 15) is 18.0 Å². The fourth-order valence-electron chi connectivity index (χ4n) is 5.46. The maximum Gasteiger partial charge on any atom is 0.330 e. The average Bonchev–Trinajstić information content (AvgIpc) is 3.14. The molecule has 308 valence electrons. The SMILES string of the molecule is COc1ccc(CO[C@H](CCC(=O)O[C@H](C)CC[C@@H](/C=C/C(=O)OCCS(=O)(=O)c2ccc(C)cc2)OCc2ccccc2)[C@@H](C)O[Si](C)(C)C(C)(C)C)cc1. The summed E-state index contributed by atoms with van der Waals surface area (Å²) < 4.78 is 60.8. The molecule has 0 saturated heterocycles. The lowest BCUT2D eigenvalue weighted by Gasteiger charge is -2.40. The Kier molecular flexibility index (Phi) is 18.5. The molecule has 0 aliphatic carbocycles. The third-order valence-corrected chi connectivity index (χ3v) is 16.3. The molecule has 0 heterocycles. The van der Waals surface area contributed by atoms with Crippen molar-refractivity contribution in [2.45, 2.75) is 128 Å². The number of carbonyl (C=O) groups is 2. The fourth-order valence-corrected chi connectivity index (χ4v) is 7.98. The highest BCUT2D eigenvalue weighted by Gasteiger charge is 2.40. The zero-order chi connectivity index (χ0) is 41.4. The summed E-state index contributed by atoms with van der Waals surface area (Å²) in [4.78, 5) is 25.9. The van der Waals surface area contributed by atoms with Crippen molar-refractivity contribution in [3.8, 4) is 5.75 Å². The lowest BCUT2D eigenvalue weighted by molar-refractivity contribution is -0.150. The molecule has 0 unspecified atom stereocenters. The number of benzene rings is 3. The molecule has 0 aromatic heterocycles. The Morgan fingerprint density at radius 3 is 2.07 bits per heavy atom. The van der Waals surface area contributed by atoms with Gasteiger partial charge in [0.05, 0.1) is 55.4 Å². The highest BCUT2D eigenvalue weighted by Crippen LogP contribution is 2.38. The molecule has 0 radical (unpaired) electrons. The summed E-state index contributed by atoms with van der Waals surface area (Å²) in [7, 11) is -4.08. The van der Waals surface area contributed by atoms with Crippen LogP contribution in [0.1, 0.15) is 77.0 Å². The predicted molar refractivity (Wildman–Crippen MR) is 222 cm³/mol. The Morgan fingerprint density at radius 1 is 0.821 bits per heavy atom. The minimum Gasteiger partial charge on any atom is -0.497 e. The van der Waals surface area contributed by atoms with Crippen molar-refractivity contribution in [3.63, 3.8) is 0 Å². The number of sulfone groups is 1. The molecule has 3 aromatic carbocycles. The number of esters is 2. The van der Waals surface area contributed by atoms with E-state index in [4.69, 9.17) is 28.1 Å². The largest absolute Gasteiger partial charge is 0.497 e. The molecule has 0 aliphatic heterocycles. The van der Waals surface area contributed by atoms with E-state index in [-0.39, 0.29) is 46.9 Å². The van der Waals surface area contributed by atoms with Crippen molar-refractivity contribution in [1.29, 1.82) is 0 Å². The molecule has 3 rings (SSSR count). The number of carbonyl (C=O) groups excluding carboxylic acids is 2. The predicted octanol–water partition coefficient (Wildman–Crippen LogP) is 8.95. The van der Waals surface area contributed by atoms with Crippen LogP contribution in [-0.4, -0.2) is 72.6 Å². The summed E-state index contributed by atoms with van der Waals surface area (Å²) in [5.41, 5.74) is 2.90. The normalized spacial score (nSPS) is 14.5. The summed E-state index contributed by atoms with van der Waals surface area (Å²) in [6.45, 7) is 17.1. The van der Waals surface area contributed by atoms with Gasteiger partial charge in [-0.25, -0.2) is 13.2 Å². The lowest BCUT2D eigenvalue weighted by atomic mass is 10.1. The molecule has 0 N–H and O–H groups in total. The van der Waals surface area contributed by atoms with Gasteiger partial charge in [-0.1, -0.05) is 80.9 Å². The topological polar surface area (TPSA) is 124 Å². The Labute approximate surface area is 335 Å². The zero-order valence-corrected chi connectivity index (χ0v) is 36.4. The van der Waals surface area contributed by atoms with Gasteiger partial charge in [0.25, 0.3) is 0 Å². The molecule has 12 heteroatoms. The van der Waals surface area contributed by atoms with Crippen molar-refractivity contribution in [3.05, 3.63) is 108 Å². The molecule has 10 nitrogen and oxygen atoms in total. The first-order chi connectivity index (χ1) is 26.4. The molecular weight excluding hydrogens is 749 g/mol. The van der Waals surface area contributed by atoms with Crippen LogP contribution in [0.3, 0.4) is 0 Å². The fraction of sp³-hybridized carbons (Fsp3) is 0.500. The van der Waals surface area contributed by atoms with E-state index in [0.29, 0.717) is 32.5 Å². The van der Waals surface area contributed by atoms with E-state index in [1.807, 2.05) is 75.4 Å². The average molecular weight is 811 g/mol. The maximum atomic E-state index is 13.1. The van der Waals surface area contributed by atoms with Crippen LogP contribution >= 0.6 is 0 Å². The van der Waals surface area contributed by atoms with Crippen LogP contribution in [0, 0.1) is 6.92 Å². The first-order valence-electron chi connectivity index (χ1n) is 19.3. The van der Waals surface area contributed by atoms with Gasteiger partial charge in [0.2, 0.25) is 0 Å². The van der Waals surface area contributed by atoms with Crippen molar-refractivity contribution in [1.82, 2.24) is 0 Å². The second-order valence-corrected chi connectivity index (χ2v) is 22.6. The second-order valence-electron chi connectivity index (χ2n) is 15.7. The van der Waals surface area contributed by atoms with Crippen LogP contribution in [0.4, 0.5) is 0 Å². The summed E-state index contributed by atoms with van der Waals surface area (Å²) in [6, 6.07) is 23.9. The van der Waals surface area contributed by atoms with Gasteiger partial charge in [0.15, 0.2) is 18.2 Å². The van der Waals surface area contributed by atoms with E-state index >= 15 is 0 Å². The minimum absolute atomic E-state index is 0.0133. The van der Waals surface area contributed by atoms with Crippen molar-refractivity contribution < 1.29 is 46.1 Å². The van der Waals surface area contributed by atoms with Crippen LogP contribution in [-0.2, 0) is 56.0 Å². The second kappa shape index (κ2) is 22.2. The molecule has 0 saturated carbocycles. The summed E-state index contributed by atoms with van der Waals surface area (Å²) in [5.74, 6) is -0.571. The number of rotatable bonds is 23. The van der Waals surface area contributed by atoms with Crippen molar-refractivity contribution in [2.24, 2.45) is 0 Å². The molecule has 0 amide bonds. The molecule has 3 aromatic rings. The van der Waals surface area contributed by atoms with Crippen LogP contribution in [0.2, 0.25) is 18.1 Å². The number of methoxy groups -OCH3 is 1. The number of ether oxygens (including phenoxy) is 5. The zero-order valence-electron chi connectivity index (χ0n) is 34.6. The van der Waals surface area contributed by atoms with Gasteiger partial charge < -0.3 is 28.1 Å². The van der Waals surface area contributed by atoms with Crippen LogP contribution in [0.25, 0.3) is 0 Å². The van der Waals surface area contributed by atoms with E-state index in [2.05, 4.69) is 33.9 Å². The maximum absolute atomic E-state index is 13.1. The quantitative estimate of drug-likeness (QED) is 0.0521. The van der Waals surface area contributed by atoms with Crippen LogP contribution in [0.5, 0.6) is 5.75 Å². The van der Waals surface area contributed by atoms with Gasteiger partial charge in [-0.3, -0.25) is 4.79 Å². The highest BCUT2D eigenvalue weighted by molar-refractivity contribution is 7.91. The Hall–Kier alpha value is -3.81. The third kappa shape index (κ3) is 16.3. The van der Waals surface area contributed by atoms with Gasteiger partial charge in [-0.15, -0.1) is 0 Å². The van der Waals surface area contributed by atoms with E-state index in [1.54, 1.807) is 37.5 Å². The van der Waals surface area contributed by atoms with Gasteiger partial charge in [0.1, 0.15) is 12.4 Å². The minimum atomic E-state index is -3.60. The molecule has 0 aliphatic rings. The number of aryl methyl sites for hydroxylation is 1. The summed E-state index contributed by atoms with van der Waals surface area (Å²) in [5, 5.41) is 0.0133. The Balaban J connectivity index is 1.57. The first-order valence-corrected chi connectivity index (χ1v) is 23.9.